The molecular formula is C18H35N3O2. The summed E-state index contributed by atoms with van der Waals surface area (Å²) in [7, 11) is 1.85. The average molecular weight is 325 g/mol. The van der Waals surface area contributed by atoms with Gasteiger partial charge in [-0.3, -0.25) is 4.99 Å². The van der Waals surface area contributed by atoms with Gasteiger partial charge in [0.05, 0.1) is 13.2 Å². The van der Waals surface area contributed by atoms with Crippen molar-refractivity contribution >= 4 is 5.96 Å². The van der Waals surface area contributed by atoms with Crippen molar-refractivity contribution in [2.45, 2.75) is 57.9 Å². The van der Waals surface area contributed by atoms with Crippen LogP contribution in [0.5, 0.6) is 0 Å². The molecule has 5 nitrogen and oxygen atoms in total. The van der Waals surface area contributed by atoms with Gasteiger partial charge in [0.1, 0.15) is 0 Å². The molecule has 0 radical (unpaired) electrons. The zero-order valence-corrected chi connectivity index (χ0v) is 15.0. The van der Waals surface area contributed by atoms with E-state index in [1.54, 1.807) is 0 Å². The smallest absolute Gasteiger partial charge is 0.191 e. The van der Waals surface area contributed by atoms with Crippen molar-refractivity contribution in [2.24, 2.45) is 16.8 Å². The molecule has 3 atom stereocenters. The van der Waals surface area contributed by atoms with Crippen LogP contribution in [0.25, 0.3) is 0 Å². The van der Waals surface area contributed by atoms with Crippen LogP contribution in [0.4, 0.5) is 0 Å². The topological polar surface area (TPSA) is 54.9 Å². The van der Waals surface area contributed by atoms with Gasteiger partial charge < -0.3 is 20.1 Å². The van der Waals surface area contributed by atoms with Crippen LogP contribution in [0.2, 0.25) is 0 Å². The number of nitrogens with one attached hydrogen (secondary N) is 2. The van der Waals surface area contributed by atoms with Crippen LogP contribution in [0.3, 0.4) is 0 Å². The second-order valence-corrected chi connectivity index (χ2v) is 6.94. The number of hydrogen-bond donors (Lipinski definition) is 2. The summed E-state index contributed by atoms with van der Waals surface area (Å²) in [5, 5.41) is 7.00. The maximum atomic E-state index is 5.73. The molecule has 1 saturated heterocycles. The summed E-state index contributed by atoms with van der Waals surface area (Å²) in [5.41, 5.74) is 0. The molecule has 1 aliphatic carbocycles. The molecule has 0 aromatic carbocycles. The summed E-state index contributed by atoms with van der Waals surface area (Å²) in [6.45, 7) is 6.63. The van der Waals surface area contributed by atoms with Gasteiger partial charge in [-0.15, -0.1) is 0 Å². The fraction of sp³-hybridized carbons (Fsp3) is 0.944. The number of ether oxygens (including phenoxy) is 2. The average Bonchev–Trinajstić information content (AvgIpc) is 3.10. The Bertz CT molecular complexity index is 343. The zero-order valence-electron chi connectivity index (χ0n) is 15.0. The van der Waals surface area contributed by atoms with E-state index >= 15 is 0 Å². The van der Waals surface area contributed by atoms with E-state index in [-0.39, 0.29) is 0 Å². The molecule has 1 aliphatic heterocycles. The Labute approximate surface area is 141 Å². The fourth-order valence-corrected chi connectivity index (χ4v) is 3.53. The second-order valence-electron chi connectivity index (χ2n) is 6.94. The standard InChI is InChI=1S/C18H35N3O2/c1-3-15-6-4-7-17(12-15)21-18(19-2)20-9-5-10-22-13-16-8-11-23-14-16/h15-17H,3-14H2,1-2H3,(H2,19,20,21). The highest BCUT2D eigenvalue weighted by molar-refractivity contribution is 5.79. The van der Waals surface area contributed by atoms with E-state index in [0.29, 0.717) is 12.0 Å². The normalized spacial score (nSPS) is 28.8. The van der Waals surface area contributed by atoms with Gasteiger partial charge in [-0.1, -0.05) is 26.2 Å². The summed E-state index contributed by atoms with van der Waals surface area (Å²) in [5.74, 6) is 2.43. The minimum atomic E-state index is 0.582. The van der Waals surface area contributed by atoms with Gasteiger partial charge in [0.25, 0.3) is 0 Å². The third-order valence-electron chi connectivity index (χ3n) is 5.06. The molecule has 0 bridgehead atoms. The van der Waals surface area contributed by atoms with E-state index in [1.807, 2.05) is 7.05 Å². The monoisotopic (exact) mass is 325 g/mol. The maximum Gasteiger partial charge on any atom is 0.191 e. The van der Waals surface area contributed by atoms with Gasteiger partial charge in [0, 0.05) is 38.8 Å². The summed E-state index contributed by atoms with van der Waals surface area (Å²) >= 11 is 0. The molecule has 0 amide bonds. The summed E-state index contributed by atoms with van der Waals surface area (Å²) in [4.78, 5) is 4.35. The highest BCUT2D eigenvalue weighted by atomic mass is 16.5. The molecule has 0 aromatic heterocycles. The van der Waals surface area contributed by atoms with Crippen molar-refractivity contribution in [3.05, 3.63) is 0 Å². The lowest BCUT2D eigenvalue weighted by Crippen LogP contribution is -2.45. The second kappa shape index (κ2) is 10.9. The van der Waals surface area contributed by atoms with Crippen LogP contribution in [0.1, 0.15) is 51.9 Å². The van der Waals surface area contributed by atoms with E-state index < -0.39 is 0 Å². The molecule has 2 fully saturated rings. The molecule has 1 heterocycles. The summed E-state index contributed by atoms with van der Waals surface area (Å²) in [6, 6.07) is 0.582. The first-order valence-electron chi connectivity index (χ1n) is 9.44. The van der Waals surface area contributed by atoms with E-state index in [2.05, 4.69) is 22.5 Å². The molecule has 0 spiro atoms. The van der Waals surface area contributed by atoms with Crippen LogP contribution in [-0.4, -0.2) is 52.0 Å². The summed E-state index contributed by atoms with van der Waals surface area (Å²) < 4.78 is 11.1. The van der Waals surface area contributed by atoms with Crippen molar-refractivity contribution in [1.29, 1.82) is 0 Å². The van der Waals surface area contributed by atoms with Gasteiger partial charge in [0.2, 0.25) is 0 Å². The van der Waals surface area contributed by atoms with Gasteiger partial charge in [-0.05, 0) is 31.6 Å². The molecule has 3 unspecified atom stereocenters. The Kier molecular flexibility index (Phi) is 8.76. The third-order valence-corrected chi connectivity index (χ3v) is 5.06. The number of nitrogens with zero attached hydrogens (tertiary/aromatic N) is 1. The Morgan fingerprint density at radius 3 is 2.91 bits per heavy atom. The minimum absolute atomic E-state index is 0.582. The highest BCUT2D eigenvalue weighted by Gasteiger charge is 2.21. The van der Waals surface area contributed by atoms with Crippen molar-refractivity contribution in [3.63, 3.8) is 0 Å². The van der Waals surface area contributed by atoms with Crippen molar-refractivity contribution in [3.8, 4) is 0 Å². The zero-order chi connectivity index (χ0) is 16.3. The number of hydrogen-bond acceptors (Lipinski definition) is 3. The number of rotatable bonds is 8. The highest BCUT2D eigenvalue weighted by Crippen LogP contribution is 2.26. The molecule has 134 valence electrons. The van der Waals surface area contributed by atoms with E-state index in [1.165, 1.54) is 32.1 Å². The number of guanidine groups is 1. The first-order valence-corrected chi connectivity index (χ1v) is 9.44. The van der Waals surface area contributed by atoms with Crippen LogP contribution >= 0.6 is 0 Å². The van der Waals surface area contributed by atoms with Gasteiger partial charge >= 0.3 is 0 Å². The molecule has 5 heteroatoms. The molecule has 2 N–H and O–H groups in total. The molecule has 1 saturated carbocycles. The Morgan fingerprint density at radius 1 is 1.26 bits per heavy atom. The summed E-state index contributed by atoms with van der Waals surface area (Å²) in [6.07, 6.45) is 8.74. The SMILES string of the molecule is CCC1CCCC(NC(=NC)NCCCOCC2CCOC2)C1. The Morgan fingerprint density at radius 2 is 2.17 bits per heavy atom. The number of aliphatic imine (C=N–C) groups is 1. The van der Waals surface area contributed by atoms with Crippen molar-refractivity contribution < 1.29 is 9.47 Å². The lowest BCUT2D eigenvalue weighted by molar-refractivity contribution is 0.0888. The first kappa shape index (κ1) is 18.5. The quantitative estimate of drug-likeness (QED) is 0.409. The van der Waals surface area contributed by atoms with Crippen molar-refractivity contribution in [1.82, 2.24) is 10.6 Å². The van der Waals surface area contributed by atoms with Crippen LogP contribution < -0.4 is 10.6 Å². The Balaban J connectivity index is 1.52. The van der Waals surface area contributed by atoms with E-state index in [0.717, 1.165) is 57.7 Å². The van der Waals surface area contributed by atoms with E-state index in [4.69, 9.17) is 9.47 Å². The molecule has 23 heavy (non-hydrogen) atoms. The van der Waals surface area contributed by atoms with Gasteiger partial charge in [0.15, 0.2) is 5.96 Å². The van der Waals surface area contributed by atoms with E-state index in [9.17, 15) is 0 Å². The van der Waals surface area contributed by atoms with Crippen molar-refractivity contribution in [2.75, 3.05) is 40.0 Å². The predicted octanol–water partition coefficient (Wildman–Crippen LogP) is 2.56. The van der Waals surface area contributed by atoms with Gasteiger partial charge in [-0.25, -0.2) is 0 Å². The minimum Gasteiger partial charge on any atom is -0.381 e. The third kappa shape index (κ3) is 7.08. The van der Waals surface area contributed by atoms with Crippen LogP contribution in [-0.2, 0) is 9.47 Å². The molecule has 2 rings (SSSR count). The van der Waals surface area contributed by atoms with Crippen LogP contribution in [0.15, 0.2) is 4.99 Å². The fourth-order valence-electron chi connectivity index (χ4n) is 3.53. The largest absolute Gasteiger partial charge is 0.381 e. The first-order chi connectivity index (χ1) is 11.3. The molecular weight excluding hydrogens is 290 g/mol. The van der Waals surface area contributed by atoms with Crippen LogP contribution in [0, 0.1) is 11.8 Å². The lowest BCUT2D eigenvalue weighted by atomic mass is 9.84. The molecule has 2 aliphatic rings. The predicted molar refractivity (Wildman–Crippen MR) is 94.9 cm³/mol. The lowest BCUT2D eigenvalue weighted by Gasteiger charge is -2.30. The van der Waals surface area contributed by atoms with Gasteiger partial charge in [-0.2, -0.15) is 0 Å². The maximum absolute atomic E-state index is 5.73. The molecule has 0 aromatic rings. The Hall–Kier alpha value is -0.810.